The molecule has 0 spiro atoms. The smallest absolute Gasteiger partial charge is 0.217 e. The normalized spacial score (nSPS) is 11.3. The predicted octanol–water partition coefficient (Wildman–Crippen LogP) is 2.69. The van der Waals surface area contributed by atoms with Gasteiger partial charge in [-0.25, -0.2) is 0 Å². The Morgan fingerprint density at radius 2 is 1.96 bits per heavy atom. The maximum Gasteiger partial charge on any atom is 0.217 e. The van der Waals surface area contributed by atoms with E-state index in [4.69, 9.17) is 5.73 Å². The first-order valence-electron chi connectivity index (χ1n) is 8.81. The first kappa shape index (κ1) is 20.2. The molecular weight excluding hydrogens is 350 g/mol. The lowest BCUT2D eigenvalue weighted by Gasteiger charge is -2.13. The third-order valence-electron chi connectivity index (χ3n) is 4.34. The Kier molecular flexibility index (Phi) is 6.63. The highest BCUT2D eigenvalue weighted by Crippen LogP contribution is 2.24. The van der Waals surface area contributed by atoms with E-state index in [9.17, 15) is 9.59 Å². The van der Waals surface area contributed by atoms with Crippen LogP contribution in [0.25, 0.3) is 0 Å². The molecule has 0 radical (unpaired) electrons. The van der Waals surface area contributed by atoms with E-state index in [0.29, 0.717) is 29.9 Å². The second-order valence-electron chi connectivity index (χ2n) is 6.57. The maximum atomic E-state index is 12.7. The van der Waals surface area contributed by atoms with E-state index in [1.807, 2.05) is 31.4 Å². The SMILES string of the molecule is CCn1c(CCC(N)=O)nnc1SCC(=O)c1cc(C)n(C(C)C)c1C. The molecule has 26 heavy (non-hydrogen) atoms. The minimum atomic E-state index is -0.361. The average Bonchev–Trinajstić information content (AvgIpc) is 3.10. The molecule has 0 bridgehead atoms. The zero-order valence-corrected chi connectivity index (χ0v) is 16.9. The van der Waals surface area contributed by atoms with Gasteiger partial charge >= 0.3 is 0 Å². The van der Waals surface area contributed by atoms with Crippen LogP contribution in [0.1, 0.15) is 60.8 Å². The first-order valence-corrected chi connectivity index (χ1v) is 9.79. The quantitative estimate of drug-likeness (QED) is 0.535. The molecule has 0 unspecified atom stereocenters. The van der Waals surface area contributed by atoms with Gasteiger partial charge in [-0.2, -0.15) is 0 Å². The largest absolute Gasteiger partial charge is 0.370 e. The summed E-state index contributed by atoms with van der Waals surface area (Å²) in [6.45, 7) is 10.9. The molecule has 0 atom stereocenters. The van der Waals surface area contributed by atoms with Gasteiger partial charge in [0.2, 0.25) is 5.91 Å². The number of Topliss-reactive ketones (excluding diaryl/α,β-unsaturated/α-hetero) is 1. The monoisotopic (exact) mass is 377 g/mol. The molecule has 0 saturated heterocycles. The third kappa shape index (κ3) is 4.35. The number of rotatable bonds is 9. The van der Waals surface area contributed by atoms with E-state index in [1.165, 1.54) is 11.8 Å². The van der Waals surface area contributed by atoms with E-state index >= 15 is 0 Å². The van der Waals surface area contributed by atoms with E-state index in [-0.39, 0.29) is 18.1 Å². The molecule has 142 valence electrons. The number of nitrogens with zero attached hydrogens (tertiary/aromatic N) is 4. The number of amides is 1. The van der Waals surface area contributed by atoms with Crippen LogP contribution in [0.3, 0.4) is 0 Å². The average molecular weight is 378 g/mol. The van der Waals surface area contributed by atoms with Crippen molar-refractivity contribution in [1.29, 1.82) is 0 Å². The highest BCUT2D eigenvalue weighted by Gasteiger charge is 2.19. The van der Waals surface area contributed by atoms with Crippen molar-refractivity contribution in [3.8, 4) is 0 Å². The van der Waals surface area contributed by atoms with Gasteiger partial charge in [-0.3, -0.25) is 9.59 Å². The van der Waals surface area contributed by atoms with Crippen LogP contribution in [0.2, 0.25) is 0 Å². The van der Waals surface area contributed by atoms with Gasteiger partial charge in [0.25, 0.3) is 0 Å². The number of aryl methyl sites for hydroxylation is 2. The summed E-state index contributed by atoms with van der Waals surface area (Å²) in [6, 6.07) is 2.28. The number of carbonyl (C=O) groups excluding carboxylic acids is 2. The van der Waals surface area contributed by atoms with E-state index < -0.39 is 0 Å². The van der Waals surface area contributed by atoms with Crippen LogP contribution in [0.5, 0.6) is 0 Å². The summed E-state index contributed by atoms with van der Waals surface area (Å²) in [5.41, 5.74) is 8.06. The molecule has 8 heteroatoms. The second kappa shape index (κ2) is 8.53. The number of aromatic nitrogens is 4. The van der Waals surface area contributed by atoms with Crippen LogP contribution in [0, 0.1) is 13.8 Å². The van der Waals surface area contributed by atoms with Crippen LogP contribution in [-0.4, -0.2) is 36.8 Å². The van der Waals surface area contributed by atoms with E-state index in [1.54, 1.807) is 0 Å². The Morgan fingerprint density at radius 1 is 1.27 bits per heavy atom. The first-order chi connectivity index (χ1) is 12.3. The highest BCUT2D eigenvalue weighted by molar-refractivity contribution is 7.99. The van der Waals surface area contributed by atoms with Crippen LogP contribution in [-0.2, 0) is 17.8 Å². The molecule has 2 rings (SSSR count). The summed E-state index contributed by atoms with van der Waals surface area (Å²) in [5, 5.41) is 9.00. The molecule has 0 fully saturated rings. The molecule has 1 amide bonds. The van der Waals surface area contributed by atoms with E-state index in [0.717, 1.165) is 22.8 Å². The Morgan fingerprint density at radius 3 is 2.50 bits per heavy atom. The number of thioether (sulfide) groups is 1. The van der Waals surface area contributed by atoms with Crippen LogP contribution < -0.4 is 5.73 Å². The van der Waals surface area contributed by atoms with Gasteiger partial charge in [0.05, 0.1) is 5.75 Å². The van der Waals surface area contributed by atoms with Gasteiger partial charge in [-0.15, -0.1) is 10.2 Å². The molecule has 2 heterocycles. The Balaban J connectivity index is 2.10. The standard InChI is InChI=1S/C18H27N5O2S/c1-6-22-17(8-7-16(19)25)20-21-18(22)26-10-15(24)14-9-12(4)23(11(2)3)13(14)5/h9,11H,6-8,10H2,1-5H3,(H2,19,25). The summed E-state index contributed by atoms with van der Waals surface area (Å²) in [6.07, 6.45) is 0.698. The molecule has 0 aliphatic rings. The fraction of sp³-hybridized carbons (Fsp3) is 0.556. The molecule has 0 aliphatic carbocycles. The van der Waals surface area contributed by atoms with Crippen molar-refractivity contribution in [3.05, 3.63) is 28.8 Å². The van der Waals surface area contributed by atoms with Gasteiger partial charge in [0.1, 0.15) is 5.82 Å². The minimum Gasteiger partial charge on any atom is -0.370 e. The van der Waals surface area contributed by atoms with Crippen LogP contribution in [0.15, 0.2) is 11.2 Å². The number of ketones is 1. The summed E-state index contributed by atoms with van der Waals surface area (Å²) in [5.74, 6) is 0.746. The molecule has 0 saturated carbocycles. The van der Waals surface area contributed by atoms with Crippen molar-refractivity contribution in [3.63, 3.8) is 0 Å². The summed E-state index contributed by atoms with van der Waals surface area (Å²) in [4.78, 5) is 23.7. The lowest BCUT2D eigenvalue weighted by molar-refractivity contribution is -0.118. The zero-order chi connectivity index (χ0) is 19.4. The predicted molar refractivity (Wildman–Crippen MR) is 103 cm³/mol. The van der Waals surface area contributed by atoms with Crippen molar-refractivity contribution < 1.29 is 9.59 Å². The number of nitrogens with two attached hydrogens (primary N) is 1. The number of hydrogen-bond acceptors (Lipinski definition) is 5. The Bertz CT molecular complexity index is 807. The summed E-state index contributed by atoms with van der Waals surface area (Å²) < 4.78 is 4.10. The van der Waals surface area contributed by atoms with Crippen LogP contribution in [0.4, 0.5) is 0 Å². The van der Waals surface area contributed by atoms with Crippen LogP contribution >= 0.6 is 11.8 Å². The lowest BCUT2D eigenvalue weighted by Crippen LogP contribution is -2.13. The van der Waals surface area contributed by atoms with Gasteiger partial charge in [-0.05, 0) is 40.7 Å². The Hall–Kier alpha value is -2.09. The fourth-order valence-corrected chi connectivity index (χ4v) is 4.13. The topological polar surface area (TPSA) is 95.8 Å². The molecule has 7 nitrogen and oxygen atoms in total. The molecule has 2 N–H and O–H groups in total. The lowest BCUT2D eigenvalue weighted by atomic mass is 10.2. The fourth-order valence-electron chi connectivity index (χ4n) is 3.23. The van der Waals surface area contributed by atoms with Gasteiger partial charge in [0, 0.05) is 42.4 Å². The second-order valence-corrected chi connectivity index (χ2v) is 7.51. The minimum absolute atomic E-state index is 0.0827. The van der Waals surface area contributed by atoms with Gasteiger partial charge in [-0.1, -0.05) is 11.8 Å². The summed E-state index contributed by atoms with van der Waals surface area (Å²) >= 11 is 1.38. The van der Waals surface area contributed by atoms with Crippen molar-refractivity contribution >= 4 is 23.5 Å². The van der Waals surface area contributed by atoms with Gasteiger partial charge < -0.3 is 14.9 Å². The van der Waals surface area contributed by atoms with E-state index in [2.05, 4.69) is 28.6 Å². The van der Waals surface area contributed by atoms with Crippen molar-refractivity contribution in [1.82, 2.24) is 19.3 Å². The number of primary amides is 1. The Labute approximate surface area is 158 Å². The van der Waals surface area contributed by atoms with Crippen molar-refractivity contribution in [2.24, 2.45) is 5.73 Å². The molecule has 2 aromatic rings. The highest BCUT2D eigenvalue weighted by atomic mass is 32.2. The molecule has 0 aliphatic heterocycles. The number of hydrogen-bond donors (Lipinski definition) is 1. The zero-order valence-electron chi connectivity index (χ0n) is 16.1. The number of carbonyl (C=O) groups is 2. The van der Waals surface area contributed by atoms with Gasteiger partial charge in [0.15, 0.2) is 10.9 Å². The molecular formula is C18H27N5O2S. The molecule has 0 aromatic carbocycles. The molecule has 2 aromatic heterocycles. The van der Waals surface area contributed by atoms with Crippen molar-refractivity contribution in [2.45, 2.75) is 65.2 Å². The maximum absolute atomic E-state index is 12.7. The van der Waals surface area contributed by atoms with Crippen molar-refractivity contribution in [2.75, 3.05) is 5.75 Å². The third-order valence-corrected chi connectivity index (χ3v) is 5.30. The summed E-state index contributed by atoms with van der Waals surface area (Å²) in [7, 11) is 0.